The molecular weight excluding hydrogens is 976 g/mol. The quantitative estimate of drug-likeness (QED) is 0.0205. The Hall–Kier alpha value is -3.07. The molecule has 0 aliphatic rings. The number of carbonyl (C=O) groups is 2. The molecule has 3 atom stereocenters. The second kappa shape index (κ2) is 56.2. The molecule has 0 saturated carbocycles. The zero-order chi connectivity index (χ0) is 56.4. The lowest BCUT2D eigenvalue weighted by Crippen LogP contribution is -2.47. The number of amides is 1. The van der Waals surface area contributed by atoms with Gasteiger partial charge < -0.3 is 19.4 Å². The number of rotatable bonds is 56. The minimum atomic E-state index is -4.47. The van der Waals surface area contributed by atoms with Crippen molar-refractivity contribution in [3.8, 4) is 0 Å². The van der Waals surface area contributed by atoms with E-state index in [9.17, 15) is 19.0 Å². The highest BCUT2D eigenvalue weighted by molar-refractivity contribution is 7.47. The van der Waals surface area contributed by atoms with Crippen molar-refractivity contribution in [2.45, 2.75) is 277 Å². The molecule has 1 amide bonds. The Morgan fingerprint density at radius 3 is 1.30 bits per heavy atom. The number of unbranched alkanes of at least 4 members (excludes halogenated alkanes) is 26. The monoisotopic (exact) mass is 1100 g/mol. The van der Waals surface area contributed by atoms with Crippen LogP contribution in [0.1, 0.15) is 265 Å². The summed E-state index contributed by atoms with van der Waals surface area (Å²) >= 11 is 0. The van der Waals surface area contributed by atoms with Gasteiger partial charge in [-0.2, -0.15) is 0 Å². The molecule has 0 aromatic rings. The number of phosphoric acid groups is 1. The van der Waals surface area contributed by atoms with Gasteiger partial charge in [0.1, 0.15) is 19.3 Å². The highest BCUT2D eigenvalue weighted by Crippen LogP contribution is 2.43. The molecule has 0 radical (unpaired) electrons. The predicted molar refractivity (Wildman–Crippen MR) is 332 cm³/mol. The lowest BCUT2D eigenvalue weighted by atomic mass is 10.0. The largest absolute Gasteiger partial charge is 0.472 e. The molecule has 0 aromatic heterocycles. The fourth-order valence-corrected chi connectivity index (χ4v) is 9.39. The molecular formula is C67H120N2O7P+. The van der Waals surface area contributed by atoms with Crippen molar-refractivity contribution in [3.05, 3.63) is 97.2 Å². The third-order valence-corrected chi connectivity index (χ3v) is 14.5. The second-order valence-corrected chi connectivity index (χ2v) is 23.6. The molecule has 444 valence electrons. The molecule has 0 saturated heterocycles. The smallest absolute Gasteiger partial charge is 0.456 e. The van der Waals surface area contributed by atoms with Gasteiger partial charge in [0.15, 0.2) is 0 Å². The van der Waals surface area contributed by atoms with Gasteiger partial charge in [0, 0.05) is 12.8 Å². The first-order valence-corrected chi connectivity index (χ1v) is 33.1. The Bertz CT molecular complexity index is 1640. The molecule has 0 heterocycles. The lowest BCUT2D eigenvalue weighted by Gasteiger charge is -2.27. The fourth-order valence-electron chi connectivity index (χ4n) is 8.65. The molecule has 2 N–H and O–H groups in total. The maximum atomic E-state index is 13.5. The van der Waals surface area contributed by atoms with Crippen molar-refractivity contribution in [2.24, 2.45) is 0 Å². The van der Waals surface area contributed by atoms with E-state index in [1.807, 2.05) is 33.3 Å². The van der Waals surface area contributed by atoms with Crippen LogP contribution in [0.15, 0.2) is 97.2 Å². The normalized spacial score (nSPS) is 14.3. The zero-order valence-electron chi connectivity index (χ0n) is 50.7. The third kappa shape index (κ3) is 57.4. The van der Waals surface area contributed by atoms with E-state index < -0.39 is 20.0 Å². The maximum Gasteiger partial charge on any atom is 0.472 e. The van der Waals surface area contributed by atoms with Gasteiger partial charge >= 0.3 is 13.8 Å². The van der Waals surface area contributed by atoms with Crippen LogP contribution in [0.4, 0.5) is 0 Å². The molecule has 0 aliphatic carbocycles. The van der Waals surface area contributed by atoms with E-state index >= 15 is 0 Å². The van der Waals surface area contributed by atoms with Gasteiger partial charge in [-0.25, -0.2) is 4.57 Å². The molecule has 0 aromatic carbocycles. The Morgan fingerprint density at radius 2 is 0.844 bits per heavy atom. The van der Waals surface area contributed by atoms with E-state index in [2.05, 4.69) is 111 Å². The van der Waals surface area contributed by atoms with Gasteiger partial charge in [-0.15, -0.1) is 0 Å². The number of hydrogen-bond acceptors (Lipinski definition) is 6. The molecule has 0 rings (SSSR count). The Morgan fingerprint density at radius 1 is 0.468 bits per heavy atom. The first-order chi connectivity index (χ1) is 37.4. The van der Waals surface area contributed by atoms with Gasteiger partial charge in [-0.1, -0.05) is 247 Å². The van der Waals surface area contributed by atoms with E-state index in [1.165, 1.54) is 141 Å². The Kier molecular flexibility index (Phi) is 54.0. The van der Waals surface area contributed by atoms with Crippen LogP contribution in [0.3, 0.4) is 0 Å². The minimum absolute atomic E-state index is 0.0254. The van der Waals surface area contributed by atoms with Crippen molar-refractivity contribution in [1.82, 2.24) is 5.32 Å². The predicted octanol–water partition coefficient (Wildman–Crippen LogP) is 19.6. The summed E-state index contributed by atoms with van der Waals surface area (Å²) in [6, 6.07) is -0.884. The number of allylic oxidation sites excluding steroid dienone is 15. The van der Waals surface area contributed by atoms with E-state index in [0.717, 1.165) is 83.5 Å². The van der Waals surface area contributed by atoms with E-state index in [-0.39, 0.29) is 37.9 Å². The lowest BCUT2D eigenvalue weighted by molar-refractivity contribution is -0.870. The third-order valence-electron chi connectivity index (χ3n) is 13.5. The van der Waals surface area contributed by atoms with Crippen LogP contribution in [0.25, 0.3) is 0 Å². The van der Waals surface area contributed by atoms with Gasteiger partial charge in [0.05, 0.1) is 33.8 Å². The standard InChI is InChI=1S/C67H119N2O7P/c1-7-10-13-16-19-22-25-28-30-32-33-34-35-37-39-42-45-48-51-54-57-60-67(71)76-65(58-55-52-49-46-43-40-27-24-21-18-15-12-9-3)64(63-75-77(72,73)74-62-61-69(4,5)6)68-66(70)59-56-53-50-47-44-41-38-36-31-29-26-23-20-17-14-11-8-2/h11,14,19-20,22-23,28-31,38,41,47,50,55,58,64-65H,7-10,12-13,15-18,21,24-27,32-37,39-40,42-46,48-49,51-54,56-57,59-63H2,1-6H3,(H-,68,70,72,73)/p+1/b14-11-,22-19-,23-20-,30-28-,31-29-,41-38-,50-47-,58-55+. The van der Waals surface area contributed by atoms with Gasteiger partial charge in [0.2, 0.25) is 5.91 Å². The number of phosphoric ester groups is 1. The summed E-state index contributed by atoms with van der Waals surface area (Å²) in [5, 5.41) is 3.02. The number of carbonyl (C=O) groups excluding carboxylic acids is 2. The summed E-state index contributed by atoms with van der Waals surface area (Å²) in [5.41, 5.74) is 0. The molecule has 0 fully saturated rings. The number of nitrogens with zero attached hydrogens (tertiary/aromatic N) is 1. The van der Waals surface area contributed by atoms with E-state index in [0.29, 0.717) is 17.4 Å². The van der Waals surface area contributed by atoms with Crippen molar-refractivity contribution in [2.75, 3.05) is 40.9 Å². The molecule has 3 unspecified atom stereocenters. The van der Waals surface area contributed by atoms with Gasteiger partial charge in [0.25, 0.3) is 0 Å². The van der Waals surface area contributed by atoms with Gasteiger partial charge in [-0.3, -0.25) is 18.6 Å². The summed E-state index contributed by atoms with van der Waals surface area (Å²) in [5.74, 6) is -0.576. The maximum absolute atomic E-state index is 13.5. The van der Waals surface area contributed by atoms with Crippen molar-refractivity contribution in [3.63, 3.8) is 0 Å². The summed E-state index contributed by atoms with van der Waals surface area (Å²) in [6.45, 7) is 6.83. The molecule has 9 nitrogen and oxygen atoms in total. The highest BCUT2D eigenvalue weighted by atomic mass is 31.2. The van der Waals surface area contributed by atoms with Crippen LogP contribution in [0, 0.1) is 0 Å². The van der Waals surface area contributed by atoms with Crippen LogP contribution in [0.2, 0.25) is 0 Å². The van der Waals surface area contributed by atoms with Crippen molar-refractivity contribution < 1.29 is 37.3 Å². The summed E-state index contributed by atoms with van der Waals surface area (Å²) in [7, 11) is 1.45. The van der Waals surface area contributed by atoms with Crippen molar-refractivity contribution in [1.29, 1.82) is 0 Å². The topological polar surface area (TPSA) is 111 Å². The van der Waals surface area contributed by atoms with Crippen LogP contribution >= 0.6 is 7.82 Å². The average Bonchev–Trinajstić information content (AvgIpc) is 3.39. The van der Waals surface area contributed by atoms with E-state index in [4.69, 9.17) is 13.8 Å². The Labute approximate surface area is 475 Å². The first kappa shape index (κ1) is 73.9. The molecule has 0 bridgehead atoms. The number of nitrogens with one attached hydrogen (secondary N) is 1. The van der Waals surface area contributed by atoms with Crippen LogP contribution < -0.4 is 5.32 Å². The first-order valence-electron chi connectivity index (χ1n) is 31.6. The van der Waals surface area contributed by atoms with Crippen LogP contribution in [0.5, 0.6) is 0 Å². The fraction of sp³-hybridized carbons (Fsp3) is 0.731. The number of hydrogen-bond donors (Lipinski definition) is 2. The average molecular weight is 1100 g/mol. The molecule has 10 heteroatoms. The minimum Gasteiger partial charge on any atom is -0.456 e. The van der Waals surface area contributed by atoms with Crippen LogP contribution in [-0.2, 0) is 27.9 Å². The SMILES string of the molecule is CC/C=C\C/C=C\C/C=C\C/C=C\C/C=C\CCCC(=O)NC(COP(=O)(O)OCC[N+](C)(C)C)C(/C=C/CCCCCCCCCCCCC)OC(=O)CCCCCCCCCCCCC/C=C\C/C=C\CCCCC. The number of quaternary nitrogens is 1. The van der Waals surface area contributed by atoms with Crippen LogP contribution in [-0.4, -0.2) is 74.3 Å². The van der Waals surface area contributed by atoms with Crippen molar-refractivity contribution >= 4 is 19.7 Å². The summed E-state index contributed by atoms with van der Waals surface area (Å²) in [4.78, 5) is 37.7. The zero-order valence-corrected chi connectivity index (χ0v) is 51.6. The summed E-state index contributed by atoms with van der Waals surface area (Å²) in [6.07, 6.45) is 75.6. The molecule has 0 spiro atoms. The molecule has 77 heavy (non-hydrogen) atoms. The highest BCUT2D eigenvalue weighted by Gasteiger charge is 2.30. The molecule has 0 aliphatic heterocycles. The van der Waals surface area contributed by atoms with E-state index in [1.54, 1.807) is 0 Å². The second-order valence-electron chi connectivity index (χ2n) is 22.2. The number of likely N-dealkylation sites (N-methyl/N-ethyl adjacent to an activating group) is 1. The Balaban J connectivity index is 5.33. The number of esters is 1. The van der Waals surface area contributed by atoms with Gasteiger partial charge in [-0.05, 0) is 102 Å². The summed E-state index contributed by atoms with van der Waals surface area (Å²) < 4.78 is 30.7. The number of ether oxygens (including phenoxy) is 1.